The van der Waals surface area contributed by atoms with E-state index < -0.39 is 0 Å². The lowest BCUT2D eigenvalue weighted by Gasteiger charge is -2.31. The molecule has 0 aliphatic carbocycles. The lowest BCUT2D eigenvalue weighted by Crippen LogP contribution is -2.33. The standard InChI is InChI=1S/C21H28FN5OS/c1-16(25-11-3-2-4-12-25)20-23-24-21(27(20)18-9-7-17(22)8-10-18)29-15-19(28)26-13-5-6-14-26/h7-10,16H,2-6,11-15H2,1H3/t16-/m0/s1. The molecule has 1 aromatic carbocycles. The normalized spacial score (nSPS) is 18.9. The fourth-order valence-corrected chi connectivity index (χ4v) is 4.99. The molecule has 0 radical (unpaired) electrons. The van der Waals surface area contributed by atoms with Gasteiger partial charge in [-0.05, 0) is 70.0 Å². The van der Waals surface area contributed by atoms with Crippen molar-refractivity contribution in [3.63, 3.8) is 0 Å². The maximum Gasteiger partial charge on any atom is 0.233 e. The first kappa shape index (κ1) is 20.3. The van der Waals surface area contributed by atoms with Crippen molar-refractivity contribution >= 4 is 17.7 Å². The molecule has 2 aromatic rings. The monoisotopic (exact) mass is 417 g/mol. The van der Waals surface area contributed by atoms with Gasteiger partial charge < -0.3 is 4.90 Å². The maximum absolute atomic E-state index is 13.5. The fraction of sp³-hybridized carbons (Fsp3) is 0.571. The third kappa shape index (κ3) is 4.64. The number of hydrogen-bond donors (Lipinski definition) is 0. The minimum Gasteiger partial charge on any atom is -0.342 e. The first-order valence-corrected chi connectivity index (χ1v) is 11.5. The Kier molecular flexibility index (Phi) is 6.50. The molecule has 0 unspecified atom stereocenters. The number of hydrogen-bond acceptors (Lipinski definition) is 5. The highest BCUT2D eigenvalue weighted by Gasteiger charge is 2.26. The molecule has 0 spiro atoms. The summed E-state index contributed by atoms with van der Waals surface area (Å²) in [4.78, 5) is 16.8. The van der Waals surface area contributed by atoms with Crippen LogP contribution < -0.4 is 0 Å². The summed E-state index contributed by atoms with van der Waals surface area (Å²) in [5.74, 6) is 1.06. The second kappa shape index (κ2) is 9.26. The van der Waals surface area contributed by atoms with Crippen molar-refractivity contribution < 1.29 is 9.18 Å². The smallest absolute Gasteiger partial charge is 0.233 e. The van der Waals surface area contributed by atoms with Crippen LogP contribution in [-0.4, -0.2) is 62.4 Å². The molecule has 2 saturated heterocycles. The summed E-state index contributed by atoms with van der Waals surface area (Å²) in [6.45, 7) is 5.95. The summed E-state index contributed by atoms with van der Waals surface area (Å²) in [5.41, 5.74) is 0.825. The number of carbonyl (C=O) groups excluding carboxylic acids is 1. The zero-order valence-corrected chi connectivity index (χ0v) is 17.7. The Labute approximate surface area is 175 Å². The van der Waals surface area contributed by atoms with Gasteiger partial charge in [0.25, 0.3) is 0 Å². The molecule has 1 atom stereocenters. The minimum atomic E-state index is -0.272. The van der Waals surface area contributed by atoms with Crippen molar-refractivity contribution in [1.82, 2.24) is 24.6 Å². The van der Waals surface area contributed by atoms with Gasteiger partial charge in [-0.15, -0.1) is 10.2 Å². The largest absolute Gasteiger partial charge is 0.342 e. The van der Waals surface area contributed by atoms with Crippen LogP contribution in [0.1, 0.15) is 50.9 Å². The zero-order valence-electron chi connectivity index (χ0n) is 16.9. The van der Waals surface area contributed by atoms with Crippen molar-refractivity contribution in [3.05, 3.63) is 35.9 Å². The molecule has 2 aliphatic rings. The highest BCUT2D eigenvalue weighted by Crippen LogP contribution is 2.29. The van der Waals surface area contributed by atoms with Gasteiger partial charge in [0.05, 0.1) is 11.8 Å². The SMILES string of the molecule is C[C@@H](c1nnc(SCC(=O)N2CCCC2)n1-c1ccc(F)cc1)N1CCCCC1. The number of amides is 1. The second-order valence-corrected chi connectivity index (χ2v) is 8.74. The van der Waals surface area contributed by atoms with Crippen molar-refractivity contribution in [2.24, 2.45) is 0 Å². The highest BCUT2D eigenvalue weighted by atomic mass is 32.2. The number of carbonyl (C=O) groups is 1. The quantitative estimate of drug-likeness (QED) is 0.672. The molecular weight excluding hydrogens is 389 g/mol. The Bertz CT molecular complexity index is 828. The molecule has 156 valence electrons. The van der Waals surface area contributed by atoms with E-state index in [-0.39, 0.29) is 17.8 Å². The minimum absolute atomic E-state index is 0.108. The van der Waals surface area contributed by atoms with E-state index in [2.05, 4.69) is 22.0 Å². The van der Waals surface area contributed by atoms with Gasteiger partial charge in [0.15, 0.2) is 11.0 Å². The molecule has 6 nitrogen and oxygen atoms in total. The van der Waals surface area contributed by atoms with E-state index in [0.29, 0.717) is 10.9 Å². The molecule has 4 rings (SSSR count). The maximum atomic E-state index is 13.5. The predicted octanol–water partition coefficient (Wildman–Crippen LogP) is 3.67. The van der Waals surface area contributed by atoms with Crippen molar-refractivity contribution in [1.29, 1.82) is 0 Å². The number of rotatable bonds is 6. The van der Waals surface area contributed by atoms with E-state index in [1.165, 1.54) is 43.2 Å². The summed E-state index contributed by atoms with van der Waals surface area (Å²) in [5, 5.41) is 9.59. The highest BCUT2D eigenvalue weighted by molar-refractivity contribution is 7.99. The van der Waals surface area contributed by atoms with Gasteiger partial charge in [-0.1, -0.05) is 18.2 Å². The number of thioether (sulfide) groups is 1. The fourth-order valence-electron chi connectivity index (χ4n) is 4.13. The van der Waals surface area contributed by atoms with Crippen LogP contribution in [0.25, 0.3) is 5.69 Å². The van der Waals surface area contributed by atoms with E-state index in [1.807, 2.05) is 9.47 Å². The molecule has 29 heavy (non-hydrogen) atoms. The Balaban J connectivity index is 1.59. The van der Waals surface area contributed by atoms with Crippen molar-refractivity contribution in [2.75, 3.05) is 31.9 Å². The Hall–Kier alpha value is -1.93. The molecule has 0 saturated carbocycles. The summed E-state index contributed by atoms with van der Waals surface area (Å²) in [6.07, 6.45) is 5.83. The van der Waals surface area contributed by atoms with Gasteiger partial charge in [-0.25, -0.2) is 4.39 Å². The number of aromatic nitrogens is 3. The van der Waals surface area contributed by atoms with Crippen LogP contribution in [-0.2, 0) is 4.79 Å². The number of nitrogens with zero attached hydrogens (tertiary/aromatic N) is 5. The van der Waals surface area contributed by atoms with Crippen LogP contribution in [0.3, 0.4) is 0 Å². The van der Waals surface area contributed by atoms with Crippen LogP contribution >= 0.6 is 11.8 Å². The first-order chi connectivity index (χ1) is 14.1. The lowest BCUT2D eigenvalue weighted by molar-refractivity contribution is -0.127. The van der Waals surface area contributed by atoms with E-state index >= 15 is 0 Å². The number of piperidine rings is 1. The number of likely N-dealkylation sites (tertiary alicyclic amines) is 2. The van der Waals surface area contributed by atoms with Crippen molar-refractivity contribution in [2.45, 2.75) is 50.2 Å². The van der Waals surface area contributed by atoms with Crippen LogP contribution in [0, 0.1) is 5.82 Å². The van der Waals surface area contributed by atoms with Crippen LogP contribution in [0.2, 0.25) is 0 Å². The molecule has 0 N–H and O–H groups in total. The Morgan fingerprint density at radius 2 is 1.69 bits per heavy atom. The first-order valence-electron chi connectivity index (χ1n) is 10.5. The molecular formula is C21H28FN5OS. The van der Waals surface area contributed by atoms with Gasteiger partial charge in [0.2, 0.25) is 5.91 Å². The predicted molar refractivity (Wildman–Crippen MR) is 112 cm³/mol. The Morgan fingerprint density at radius 3 is 2.38 bits per heavy atom. The van der Waals surface area contributed by atoms with Crippen LogP contribution in [0.4, 0.5) is 4.39 Å². The van der Waals surface area contributed by atoms with E-state index in [9.17, 15) is 9.18 Å². The van der Waals surface area contributed by atoms with Gasteiger partial charge >= 0.3 is 0 Å². The average Bonchev–Trinajstić information content (AvgIpc) is 3.43. The van der Waals surface area contributed by atoms with E-state index in [4.69, 9.17) is 0 Å². The topological polar surface area (TPSA) is 54.3 Å². The summed E-state index contributed by atoms with van der Waals surface area (Å²) >= 11 is 1.41. The molecule has 8 heteroatoms. The lowest BCUT2D eigenvalue weighted by atomic mass is 10.1. The van der Waals surface area contributed by atoms with Crippen LogP contribution in [0.15, 0.2) is 29.4 Å². The molecule has 1 aromatic heterocycles. The van der Waals surface area contributed by atoms with E-state index in [0.717, 1.165) is 50.5 Å². The third-order valence-electron chi connectivity index (χ3n) is 5.84. The summed E-state index contributed by atoms with van der Waals surface area (Å²) in [7, 11) is 0. The second-order valence-electron chi connectivity index (χ2n) is 7.80. The molecule has 2 aliphatic heterocycles. The van der Waals surface area contributed by atoms with Crippen molar-refractivity contribution in [3.8, 4) is 5.69 Å². The Morgan fingerprint density at radius 1 is 1.03 bits per heavy atom. The van der Waals surface area contributed by atoms with Gasteiger partial charge in [-0.3, -0.25) is 14.3 Å². The zero-order chi connectivity index (χ0) is 20.2. The number of halogens is 1. The van der Waals surface area contributed by atoms with E-state index in [1.54, 1.807) is 12.1 Å². The van der Waals surface area contributed by atoms with Gasteiger partial charge in [0.1, 0.15) is 5.82 Å². The van der Waals surface area contributed by atoms with Crippen LogP contribution in [0.5, 0.6) is 0 Å². The third-order valence-corrected chi connectivity index (χ3v) is 6.75. The molecule has 0 bridgehead atoms. The van der Waals surface area contributed by atoms with Gasteiger partial charge in [0, 0.05) is 18.8 Å². The number of benzene rings is 1. The molecule has 1 amide bonds. The molecule has 3 heterocycles. The van der Waals surface area contributed by atoms with Gasteiger partial charge in [-0.2, -0.15) is 0 Å². The summed E-state index contributed by atoms with van der Waals surface area (Å²) < 4.78 is 15.5. The molecule has 2 fully saturated rings. The summed E-state index contributed by atoms with van der Waals surface area (Å²) in [6, 6.07) is 6.51. The average molecular weight is 418 g/mol.